The van der Waals surface area contributed by atoms with Gasteiger partial charge < -0.3 is 10.2 Å². The first-order valence-corrected chi connectivity index (χ1v) is 7.92. The van der Waals surface area contributed by atoms with Crippen molar-refractivity contribution in [3.63, 3.8) is 0 Å². The number of amides is 1. The fourth-order valence-corrected chi connectivity index (χ4v) is 3.78. The molecule has 2 aliphatic heterocycles. The van der Waals surface area contributed by atoms with Crippen LogP contribution in [-0.2, 0) is 4.79 Å². The molecule has 1 N–H and O–H groups in total. The Labute approximate surface area is 122 Å². The number of hydrogen-bond acceptors (Lipinski definition) is 5. The number of nitrogens with zero attached hydrogens (tertiary/aromatic N) is 3. The molecule has 0 bridgehead atoms. The predicted octanol–water partition coefficient (Wildman–Crippen LogP) is 1.41. The van der Waals surface area contributed by atoms with Gasteiger partial charge >= 0.3 is 0 Å². The van der Waals surface area contributed by atoms with Gasteiger partial charge in [-0.2, -0.15) is 5.26 Å². The topological polar surface area (TPSA) is 69.0 Å². The van der Waals surface area contributed by atoms with E-state index in [2.05, 4.69) is 21.8 Å². The largest absolute Gasteiger partial charge is 0.325 e. The number of rotatable bonds is 2. The molecule has 0 radical (unpaired) electrons. The third-order valence-corrected chi connectivity index (χ3v) is 4.96. The van der Waals surface area contributed by atoms with Crippen molar-refractivity contribution in [2.24, 2.45) is 0 Å². The van der Waals surface area contributed by atoms with Crippen LogP contribution in [0.2, 0.25) is 0 Å². The van der Waals surface area contributed by atoms with Crippen molar-refractivity contribution in [3.05, 3.63) is 16.1 Å². The average molecular weight is 290 g/mol. The van der Waals surface area contributed by atoms with Gasteiger partial charge in [0.2, 0.25) is 5.91 Å². The van der Waals surface area contributed by atoms with Crippen molar-refractivity contribution in [3.8, 4) is 6.07 Å². The van der Waals surface area contributed by atoms with E-state index >= 15 is 0 Å². The van der Waals surface area contributed by atoms with Gasteiger partial charge in [0, 0.05) is 24.4 Å². The summed E-state index contributed by atoms with van der Waals surface area (Å²) in [4.78, 5) is 18.8. The molecule has 1 aromatic rings. The number of hydrogen-bond donors (Lipinski definition) is 1. The summed E-state index contributed by atoms with van der Waals surface area (Å²) >= 11 is 1.65. The maximum Gasteiger partial charge on any atom is 0.240 e. The second-order valence-electron chi connectivity index (χ2n) is 5.50. The zero-order valence-electron chi connectivity index (χ0n) is 11.5. The Morgan fingerprint density at radius 1 is 1.65 bits per heavy atom. The molecule has 1 amide bonds. The third kappa shape index (κ3) is 2.43. The first-order chi connectivity index (χ1) is 9.69. The smallest absolute Gasteiger partial charge is 0.240 e. The molecule has 106 valence electrons. The van der Waals surface area contributed by atoms with Crippen LogP contribution in [0.5, 0.6) is 0 Å². The van der Waals surface area contributed by atoms with Crippen molar-refractivity contribution in [1.29, 1.82) is 5.26 Å². The van der Waals surface area contributed by atoms with Gasteiger partial charge in [-0.3, -0.25) is 4.79 Å². The van der Waals surface area contributed by atoms with Crippen LogP contribution in [-0.4, -0.2) is 41.0 Å². The number of aryl methyl sites for hydroxylation is 1. The van der Waals surface area contributed by atoms with E-state index in [4.69, 9.17) is 5.26 Å². The van der Waals surface area contributed by atoms with Crippen LogP contribution in [0, 0.1) is 18.3 Å². The molecule has 2 fully saturated rings. The maximum absolute atomic E-state index is 12.5. The van der Waals surface area contributed by atoms with Gasteiger partial charge in [-0.25, -0.2) is 4.98 Å². The predicted molar refractivity (Wildman–Crippen MR) is 76.3 cm³/mol. The second-order valence-corrected chi connectivity index (χ2v) is 6.57. The minimum atomic E-state index is -0.232. The van der Waals surface area contributed by atoms with Crippen LogP contribution in [0.15, 0.2) is 5.38 Å². The molecule has 20 heavy (non-hydrogen) atoms. The van der Waals surface area contributed by atoms with Crippen LogP contribution in [0.25, 0.3) is 0 Å². The van der Waals surface area contributed by atoms with E-state index in [1.54, 1.807) is 16.2 Å². The molecule has 0 saturated carbocycles. The molecule has 2 aliphatic rings. The molecule has 1 unspecified atom stereocenters. The van der Waals surface area contributed by atoms with Crippen LogP contribution < -0.4 is 5.32 Å². The lowest BCUT2D eigenvalue weighted by atomic mass is 10.0. The Kier molecular flexibility index (Phi) is 3.72. The number of likely N-dealkylation sites (tertiary alicyclic amines) is 1. The summed E-state index contributed by atoms with van der Waals surface area (Å²) in [5.74, 6) is 0.403. The molecular weight excluding hydrogens is 272 g/mol. The van der Waals surface area contributed by atoms with Crippen molar-refractivity contribution in [1.82, 2.24) is 15.2 Å². The molecule has 0 aliphatic carbocycles. The van der Waals surface area contributed by atoms with Gasteiger partial charge in [-0.05, 0) is 26.2 Å². The van der Waals surface area contributed by atoms with Crippen molar-refractivity contribution < 1.29 is 4.79 Å². The molecule has 5 nitrogen and oxygen atoms in total. The lowest BCUT2D eigenvalue weighted by molar-refractivity contribution is -0.133. The van der Waals surface area contributed by atoms with E-state index in [1.165, 1.54) is 0 Å². The maximum atomic E-state index is 12.5. The Bertz CT molecular complexity index is 550. The first kappa shape index (κ1) is 13.5. The van der Waals surface area contributed by atoms with E-state index in [1.807, 2.05) is 6.92 Å². The van der Waals surface area contributed by atoms with Crippen molar-refractivity contribution >= 4 is 17.2 Å². The standard InChI is InChI=1S/C14H18N4OS/c1-9-17-13(8-20-9)10-5-12(16-7-10)14(19)18-4-2-3-11(18)6-15/h8,10-12,16H,2-5,7H2,1H3/t10-,11?,12-/m0/s1. The normalized spacial score (nSPS) is 29.6. The SMILES string of the molecule is Cc1nc([C@@H]2CN[C@H](C(=O)N3CCCC3C#N)C2)cs1. The summed E-state index contributed by atoms with van der Waals surface area (Å²) in [7, 11) is 0. The fourth-order valence-electron chi connectivity index (χ4n) is 3.08. The summed E-state index contributed by atoms with van der Waals surface area (Å²) in [5, 5.41) is 15.5. The molecule has 0 aromatic carbocycles. The lowest BCUT2D eigenvalue weighted by Gasteiger charge is -2.23. The van der Waals surface area contributed by atoms with Crippen LogP contribution in [0.1, 0.15) is 35.9 Å². The summed E-state index contributed by atoms with van der Waals surface area (Å²) < 4.78 is 0. The Balaban J connectivity index is 1.65. The molecule has 3 rings (SSSR count). The van der Waals surface area contributed by atoms with E-state index < -0.39 is 0 Å². The molecule has 3 atom stereocenters. The Morgan fingerprint density at radius 2 is 2.50 bits per heavy atom. The Morgan fingerprint density at radius 3 is 3.20 bits per heavy atom. The second kappa shape index (κ2) is 5.51. The third-order valence-electron chi connectivity index (χ3n) is 4.17. The monoisotopic (exact) mass is 290 g/mol. The molecule has 3 heterocycles. The molecule has 1 aromatic heterocycles. The van der Waals surface area contributed by atoms with Gasteiger partial charge in [-0.15, -0.1) is 11.3 Å². The van der Waals surface area contributed by atoms with Crippen LogP contribution >= 0.6 is 11.3 Å². The zero-order chi connectivity index (χ0) is 14.1. The summed E-state index contributed by atoms with van der Waals surface area (Å²) in [6.45, 7) is 3.52. The highest BCUT2D eigenvalue weighted by atomic mass is 32.1. The van der Waals surface area contributed by atoms with Crippen LogP contribution in [0.4, 0.5) is 0 Å². The molecule has 6 heteroatoms. The highest BCUT2D eigenvalue weighted by Gasteiger charge is 2.37. The molecular formula is C14H18N4OS. The van der Waals surface area contributed by atoms with E-state index in [0.29, 0.717) is 5.92 Å². The number of aromatic nitrogens is 1. The fraction of sp³-hybridized carbons (Fsp3) is 0.643. The number of thiazole rings is 1. The summed E-state index contributed by atoms with van der Waals surface area (Å²) in [6, 6.07) is 1.84. The van der Waals surface area contributed by atoms with Gasteiger partial charge in [-0.1, -0.05) is 0 Å². The zero-order valence-corrected chi connectivity index (χ0v) is 12.3. The number of nitrogens with one attached hydrogen (secondary N) is 1. The Hall–Kier alpha value is -1.45. The minimum absolute atomic E-state index is 0.0866. The van der Waals surface area contributed by atoms with Gasteiger partial charge in [0.25, 0.3) is 0 Å². The molecule has 0 spiro atoms. The highest BCUT2D eigenvalue weighted by Crippen LogP contribution is 2.28. The summed E-state index contributed by atoms with van der Waals surface area (Å²) in [5.41, 5.74) is 1.09. The van der Waals surface area contributed by atoms with Crippen molar-refractivity contribution in [2.45, 2.75) is 44.2 Å². The van der Waals surface area contributed by atoms with Gasteiger partial charge in [0.15, 0.2) is 0 Å². The molecule has 2 saturated heterocycles. The minimum Gasteiger partial charge on any atom is -0.325 e. The average Bonchev–Trinajstić information content (AvgIpc) is 3.17. The van der Waals surface area contributed by atoms with Crippen molar-refractivity contribution in [2.75, 3.05) is 13.1 Å². The quantitative estimate of drug-likeness (QED) is 0.894. The van der Waals surface area contributed by atoms with E-state index in [9.17, 15) is 4.79 Å². The number of carbonyl (C=O) groups is 1. The highest BCUT2D eigenvalue weighted by molar-refractivity contribution is 7.09. The van der Waals surface area contributed by atoms with E-state index in [0.717, 1.165) is 43.1 Å². The van der Waals surface area contributed by atoms with Gasteiger partial charge in [0.05, 0.1) is 22.8 Å². The first-order valence-electron chi connectivity index (χ1n) is 7.04. The number of nitriles is 1. The van der Waals surface area contributed by atoms with Gasteiger partial charge in [0.1, 0.15) is 6.04 Å². The number of carbonyl (C=O) groups excluding carboxylic acids is 1. The lowest BCUT2D eigenvalue weighted by Crippen LogP contribution is -2.45. The van der Waals surface area contributed by atoms with Crippen LogP contribution in [0.3, 0.4) is 0 Å². The van der Waals surface area contributed by atoms with E-state index in [-0.39, 0.29) is 18.0 Å². The summed E-state index contributed by atoms with van der Waals surface area (Å²) in [6.07, 6.45) is 2.53.